The molecule has 2 N–H and O–H groups in total. The first-order chi connectivity index (χ1) is 8.43. The monoisotopic (exact) mass is 315 g/mol. The molecule has 0 saturated carbocycles. The number of halogens is 1. The van der Waals surface area contributed by atoms with Crippen LogP contribution in [-0.4, -0.2) is 24.7 Å². The maximum Gasteiger partial charge on any atom is 0.245 e. The number of hydrogen-bond donors (Lipinski definition) is 2. The highest BCUT2D eigenvalue weighted by molar-refractivity contribution is 9.10. The summed E-state index contributed by atoms with van der Waals surface area (Å²) in [5.74, 6) is 0.386. The van der Waals surface area contributed by atoms with Crippen molar-refractivity contribution >= 4 is 21.8 Å². The first-order valence-electron chi connectivity index (χ1n) is 5.63. The van der Waals surface area contributed by atoms with Crippen LogP contribution < -0.4 is 10.1 Å². The molecule has 0 saturated heterocycles. The van der Waals surface area contributed by atoms with Crippen molar-refractivity contribution < 1.29 is 14.6 Å². The summed E-state index contributed by atoms with van der Waals surface area (Å²) in [6.07, 6.45) is 0. The SMILES string of the molecule is COc1c(C)c(C)c(Br)c(C)c1CNC(=O)CO. The molecule has 18 heavy (non-hydrogen) atoms. The van der Waals surface area contributed by atoms with E-state index in [1.807, 2.05) is 20.8 Å². The summed E-state index contributed by atoms with van der Waals surface area (Å²) in [5, 5.41) is 11.4. The molecular weight excluding hydrogens is 298 g/mol. The second kappa shape index (κ2) is 6.20. The average Bonchev–Trinajstić information content (AvgIpc) is 2.38. The highest BCUT2D eigenvalue weighted by atomic mass is 79.9. The van der Waals surface area contributed by atoms with Gasteiger partial charge in [-0.3, -0.25) is 4.79 Å². The van der Waals surface area contributed by atoms with Crippen molar-refractivity contribution in [1.29, 1.82) is 0 Å². The van der Waals surface area contributed by atoms with E-state index in [1.165, 1.54) is 0 Å². The maximum absolute atomic E-state index is 11.1. The Balaban J connectivity index is 3.20. The summed E-state index contributed by atoms with van der Waals surface area (Å²) in [4.78, 5) is 11.1. The lowest BCUT2D eigenvalue weighted by Crippen LogP contribution is -2.26. The van der Waals surface area contributed by atoms with E-state index in [2.05, 4.69) is 21.2 Å². The molecule has 0 atom stereocenters. The number of methoxy groups -OCH3 is 1. The number of benzene rings is 1. The van der Waals surface area contributed by atoms with Crippen molar-refractivity contribution in [3.05, 3.63) is 26.7 Å². The molecule has 0 fully saturated rings. The van der Waals surface area contributed by atoms with E-state index in [-0.39, 0.29) is 0 Å². The molecule has 1 amide bonds. The summed E-state index contributed by atoms with van der Waals surface area (Å²) < 4.78 is 6.45. The minimum atomic E-state index is -0.507. The Kier molecular flexibility index (Phi) is 5.16. The van der Waals surface area contributed by atoms with Gasteiger partial charge in [0.2, 0.25) is 5.91 Å². The van der Waals surface area contributed by atoms with E-state index in [4.69, 9.17) is 9.84 Å². The van der Waals surface area contributed by atoms with Gasteiger partial charge in [0, 0.05) is 16.6 Å². The average molecular weight is 316 g/mol. The Morgan fingerprint density at radius 2 is 1.89 bits per heavy atom. The van der Waals surface area contributed by atoms with Gasteiger partial charge in [0.15, 0.2) is 0 Å². The third-order valence-corrected chi connectivity index (χ3v) is 4.29. The van der Waals surface area contributed by atoms with Gasteiger partial charge < -0.3 is 15.2 Å². The van der Waals surface area contributed by atoms with Gasteiger partial charge in [-0.25, -0.2) is 0 Å². The van der Waals surface area contributed by atoms with E-state index >= 15 is 0 Å². The van der Waals surface area contributed by atoms with Crippen LogP contribution in [0.15, 0.2) is 4.47 Å². The first-order valence-corrected chi connectivity index (χ1v) is 6.43. The van der Waals surface area contributed by atoms with Crippen molar-refractivity contribution in [3.63, 3.8) is 0 Å². The molecule has 0 spiro atoms. The third-order valence-electron chi connectivity index (χ3n) is 3.10. The normalized spacial score (nSPS) is 10.3. The molecule has 1 rings (SSSR count). The molecule has 0 bridgehead atoms. The Labute approximate surface area is 115 Å². The van der Waals surface area contributed by atoms with Crippen LogP contribution in [0.25, 0.3) is 0 Å². The second-order valence-electron chi connectivity index (χ2n) is 4.14. The molecule has 0 unspecified atom stereocenters. The number of aliphatic hydroxyl groups is 1. The number of rotatable bonds is 4. The molecule has 0 heterocycles. The largest absolute Gasteiger partial charge is 0.496 e. The van der Waals surface area contributed by atoms with Crippen LogP contribution in [0, 0.1) is 20.8 Å². The standard InChI is InChI=1S/C13H18BrNO3/c1-7-8(2)13(18-4)10(9(3)12(7)14)5-15-11(17)6-16/h16H,5-6H2,1-4H3,(H,15,17). The predicted molar refractivity (Wildman–Crippen MR) is 73.8 cm³/mol. The lowest BCUT2D eigenvalue weighted by atomic mass is 9.99. The molecule has 0 aromatic heterocycles. The number of carbonyl (C=O) groups is 1. The minimum absolute atomic E-state index is 0.341. The van der Waals surface area contributed by atoms with E-state index in [0.717, 1.165) is 32.5 Å². The van der Waals surface area contributed by atoms with Gasteiger partial charge in [0.25, 0.3) is 0 Å². The zero-order chi connectivity index (χ0) is 13.9. The van der Waals surface area contributed by atoms with Crippen molar-refractivity contribution in [1.82, 2.24) is 5.32 Å². The molecule has 0 aliphatic heterocycles. The first kappa shape index (κ1) is 15.0. The number of nitrogens with one attached hydrogen (secondary N) is 1. The number of hydrogen-bond acceptors (Lipinski definition) is 3. The third kappa shape index (κ3) is 2.84. The Morgan fingerprint density at radius 1 is 1.28 bits per heavy atom. The van der Waals surface area contributed by atoms with Crippen molar-refractivity contribution in [2.45, 2.75) is 27.3 Å². The zero-order valence-corrected chi connectivity index (χ0v) is 12.6. The zero-order valence-electron chi connectivity index (χ0n) is 11.1. The Bertz CT molecular complexity index is 472. The summed E-state index contributed by atoms with van der Waals surface area (Å²) in [5.41, 5.74) is 4.13. The van der Waals surface area contributed by atoms with Crippen LogP contribution in [0.1, 0.15) is 22.3 Å². The topological polar surface area (TPSA) is 58.6 Å². The lowest BCUT2D eigenvalue weighted by Gasteiger charge is -2.19. The van der Waals surface area contributed by atoms with E-state index in [1.54, 1.807) is 7.11 Å². The fraction of sp³-hybridized carbons (Fsp3) is 0.462. The van der Waals surface area contributed by atoms with Gasteiger partial charge in [0.05, 0.1) is 7.11 Å². The molecular formula is C13H18BrNO3. The molecule has 0 aliphatic carbocycles. The van der Waals surface area contributed by atoms with E-state index in [0.29, 0.717) is 6.54 Å². The number of ether oxygens (including phenoxy) is 1. The van der Waals surface area contributed by atoms with Crippen molar-refractivity contribution in [3.8, 4) is 5.75 Å². The van der Waals surface area contributed by atoms with Gasteiger partial charge in [0.1, 0.15) is 12.4 Å². The second-order valence-corrected chi connectivity index (χ2v) is 4.93. The molecule has 0 aliphatic rings. The van der Waals surface area contributed by atoms with Crippen LogP contribution in [0.4, 0.5) is 0 Å². The highest BCUT2D eigenvalue weighted by Crippen LogP contribution is 2.35. The van der Waals surface area contributed by atoms with E-state index in [9.17, 15) is 4.79 Å². The highest BCUT2D eigenvalue weighted by Gasteiger charge is 2.16. The molecule has 4 nitrogen and oxygen atoms in total. The van der Waals surface area contributed by atoms with Crippen molar-refractivity contribution in [2.75, 3.05) is 13.7 Å². The molecule has 100 valence electrons. The molecule has 5 heteroatoms. The summed E-state index contributed by atoms with van der Waals surface area (Å²) in [6.45, 7) is 5.81. The van der Waals surface area contributed by atoms with E-state index < -0.39 is 12.5 Å². The van der Waals surface area contributed by atoms with Crippen LogP contribution in [0.2, 0.25) is 0 Å². The van der Waals surface area contributed by atoms with Crippen LogP contribution in [0.3, 0.4) is 0 Å². The number of aliphatic hydroxyl groups excluding tert-OH is 1. The van der Waals surface area contributed by atoms with Crippen LogP contribution in [-0.2, 0) is 11.3 Å². The summed E-state index contributed by atoms with van der Waals surface area (Å²) in [6, 6.07) is 0. The fourth-order valence-electron chi connectivity index (χ4n) is 1.88. The lowest BCUT2D eigenvalue weighted by molar-refractivity contribution is -0.123. The van der Waals surface area contributed by atoms with Gasteiger partial charge >= 0.3 is 0 Å². The number of amides is 1. The smallest absolute Gasteiger partial charge is 0.245 e. The quantitative estimate of drug-likeness (QED) is 0.893. The van der Waals surface area contributed by atoms with Gasteiger partial charge in [-0.1, -0.05) is 15.9 Å². The summed E-state index contributed by atoms with van der Waals surface area (Å²) >= 11 is 3.55. The van der Waals surface area contributed by atoms with Crippen LogP contribution in [0.5, 0.6) is 5.75 Å². The Hall–Kier alpha value is -1.07. The predicted octanol–water partition coefficient (Wildman–Crippen LogP) is 1.99. The van der Waals surface area contributed by atoms with Crippen molar-refractivity contribution in [2.24, 2.45) is 0 Å². The minimum Gasteiger partial charge on any atom is -0.496 e. The fourth-order valence-corrected chi connectivity index (χ4v) is 2.41. The van der Waals surface area contributed by atoms with Crippen LogP contribution >= 0.6 is 15.9 Å². The molecule has 1 aromatic rings. The Morgan fingerprint density at radius 3 is 2.39 bits per heavy atom. The summed E-state index contributed by atoms with van der Waals surface area (Å²) in [7, 11) is 1.62. The van der Waals surface area contributed by atoms with Gasteiger partial charge in [-0.05, 0) is 37.5 Å². The number of carbonyl (C=O) groups excluding carboxylic acids is 1. The maximum atomic E-state index is 11.1. The molecule has 0 radical (unpaired) electrons. The van der Waals surface area contributed by atoms with Gasteiger partial charge in [-0.15, -0.1) is 0 Å². The molecule has 1 aromatic carbocycles. The van der Waals surface area contributed by atoms with Gasteiger partial charge in [-0.2, -0.15) is 0 Å².